The summed E-state index contributed by atoms with van der Waals surface area (Å²) >= 11 is 0. The van der Waals surface area contributed by atoms with Gasteiger partial charge in [-0.2, -0.15) is 0 Å². The second-order valence-electron chi connectivity index (χ2n) is 4.61. The molecule has 15 heavy (non-hydrogen) atoms. The first-order chi connectivity index (χ1) is 7.27. The number of allylic oxidation sites excluding steroid dienone is 1. The Morgan fingerprint density at radius 2 is 2.40 bits per heavy atom. The van der Waals surface area contributed by atoms with Gasteiger partial charge in [-0.1, -0.05) is 11.6 Å². The minimum absolute atomic E-state index is 0.299. The van der Waals surface area contributed by atoms with Crippen molar-refractivity contribution in [1.29, 1.82) is 0 Å². The Hall–Kier alpha value is -0.830. The summed E-state index contributed by atoms with van der Waals surface area (Å²) in [5.74, 6) is -0.294. The standard InChI is InChI=1S/C12H19NO2/c14-12(15)11(10-5-6-10)13-8-7-9-3-1-2-4-9/h3,10-11,13H,1-2,4-8H2,(H,14,15). The largest absolute Gasteiger partial charge is 0.480 e. The lowest BCUT2D eigenvalue weighted by molar-refractivity contribution is -0.140. The van der Waals surface area contributed by atoms with Gasteiger partial charge in [0, 0.05) is 0 Å². The topological polar surface area (TPSA) is 49.3 Å². The highest BCUT2D eigenvalue weighted by molar-refractivity contribution is 5.74. The molecule has 1 unspecified atom stereocenters. The molecule has 2 aliphatic rings. The number of hydrogen-bond donors (Lipinski definition) is 2. The van der Waals surface area contributed by atoms with Gasteiger partial charge >= 0.3 is 5.97 Å². The number of rotatable bonds is 6. The molecule has 2 rings (SSSR count). The van der Waals surface area contributed by atoms with Crippen LogP contribution in [0.25, 0.3) is 0 Å². The van der Waals surface area contributed by atoms with Crippen molar-refractivity contribution in [2.24, 2.45) is 5.92 Å². The fraction of sp³-hybridized carbons (Fsp3) is 0.750. The number of aliphatic carboxylic acids is 1. The van der Waals surface area contributed by atoms with Crippen LogP contribution in [0.2, 0.25) is 0 Å². The van der Waals surface area contributed by atoms with Gasteiger partial charge in [-0.25, -0.2) is 0 Å². The van der Waals surface area contributed by atoms with Crippen molar-refractivity contribution in [1.82, 2.24) is 5.32 Å². The molecule has 0 spiro atoms. The third-order valence-corrected chi connectivity index (χ3v) is 3.30. The van der Waals surface area contributed by atoms with E-state index in [1.165, 1.54) is 24.8 Å². The van der Waals surface area contributed by atoms with Crippen molar-refractivity contribution in [2.75, 3.05) is 6.54 Å². The van der Waals surface area contributed by atoms with Crippen molar-refractivity contribution >= 4 is 5.97 Å². The van der Waals surface area contributed by atoms with Gasteiger partial charge in [0.2, 0.25) is 0 Å². The predicted octanol–water partition coefficient (Wildman–Crippen LogP) is 1.94. The molecular formula is C12H19NO2. The minimum atomic E-state index is -0.682. The third-order valence-electron chi connectivity index (χ3n) is 3.30. The number of nitrogens with one attached hydrogen (secondary N) is 1. The summed E-state index contributed by atoms with van der Waals surface area (Å²) in [6.07, 6.45) is 9.17. The highest BCUT2D eigenvalue weighted by Gasteiger charge is 2.35. The highest BCUT2D eigenvalue weighted by Crippen LogP contribution is 2.32. The molecule has 2 aliphatic carbocycles. The summed E-state index contributed by atoms with van der Waals surface area (Å²) in [5.41, 5.74) is 1.50. The van der Waals surface area contributed by atoms with Crippen LogP contribution in [0, 0.1) is 5.92 Å². The van der Waals surface area contributed by atoms with Gasteiger partial charge in [-0.3, -0.25) is 4.79 Å². The average molecular weight is 209 g/mol. The van der Waals surface area contributed by atoms with Crippen LogP contribution >= 0.6 is 0 Å². The van der Waals surface area contributed by atoms with E-state index in [0.29, 0.717) is 5.92 Å². The van der Waals surface area contributed by atoms with Crippen LogP contribution in [0.4, 0.5) is 0 Å². The van der Waals surface area contributed by atoms with Gasteiger partial charge in [0.05, 0.1) is 0 Å². The molecule has 0 heterocycles. The minimum Gasteiger partial charge on any atom is -0.480 e. The molecule has 1 saturated carbocycles. The van der Waals surface area contributed by atoms with E-state index in [1.54, 1.807) is 0 Å². The Labute approximate surface area is 90.6 Å². The van der Waals surface area contributed by atoms with E-state index in [9.17, 15) is 4.79 Å². The van der Waals surface area contributed by atoms with Gasteiger partial charge in [0.1, 0.15) is 6.04 Å². The third kappa shape index (κ3) is 3.06. The highest BCUT2D eigenvalue weighted by atomic mass is 16.4. The molecule has 0 bridgehead atoms. The fourth-order valence-corrected chi connectivity index (χ4v) is 2.24. The smallest absolute Gasteiger partial charge is 0.320 e. The van der Waals surface area contributed by atoms with Crippen LogP contribution in [0.3, 0.4) is 0 Å². The number of carboxylic acid groups (broad SMARTS) is 1. The molecule has 0 amide bonds. The first-order valence-corrected chi connectivity index (χ1v) is 5.91. The maximum absolute atomic E-state index is 10.9. The van der Waals surface area contributed by atoms with Gasteiger partial charge in [0.25, 0.3) is 0 Å². The summed E-state index contributed by atoms with van der Waals surface area (Å²) < 4.78 is 0. The van der Waals surface area contributed by atoms with Gasteiger partial charge in [0.15, 0.2) is 0 Å². The molecule has 0 aromatic heterocycles. The van der Waals surface area contributed by atoms with Crippen LogP contribution < -0.4 is 5.32 Å². The fourth-order valence-electron chi connectivity index (χ4n) is 2.24. The maximum Gasteiger partial charge on any atom is 0.320 e. The van der Waals surface area contributed by atoms with Crippen molar-refractivity contribution in [2.45, 2.75) is 44.6 Å². The number of carbonyl (C=O) groups is 1. The monoisotopic (exact) mass is 209 g/mol. The Morgan fingerprint density at radius 1 is 1.60 bits per heavy atom. The zero-order valence-electron chi connectivity index (χ0n) is 9.04. The van der Waals surface area contributed by atoms with Crippen LogP contribution in [-0.2, 0) is 4.79 Å². The van der Waals surface area contributed by atoms with Gasteiger partial charge in [-0.05, 0) is 51.0 Å². The molecule has 1 atom stereocenters. The van der Waals surface area contributed by atoms with Crippen LogP contribution in [0.15, 0.2) is 11.6 Å². The van der Waals surface area contributed by atoms with E-state index in [1.807, 2.05) is 0 Å². The zero-order chi connectivity index (χ0) is 10.7. The Balaban J connectivity index is 1.68. The molecule has 1 fully saturated rings. The Morgan fingerprint density at radius 3 is 2.93 bits per heavy atom. The van der Waals surface area contributed by atoms with Gasteiger partial charge in [-0.15, -0.1) is 0 Å². The summed E-state index contributed by atoms with van der Waals surface area (Å²) in [4.78, 5) is 10.9. The van der Waals surface area contributed by atoms with E-state index in [4.69, 9.17) is 5.11 Å². The van der Waals surface area contributed by atoms with Gasteiger partial charge < -0.3 is 10.4 Å². The lowest BCUT2D eigenvalue weighted by Crippen LogP contribution is -2.39. The molecule has 0 saturated heterocycles. The van der Waals surface area contributed by atoms with Crippen molar-refractivity contribution in [3.05, 3.63) is 11.6 Å². The molecule has 2 N–H and O–H groups in total. The van der Waals surface area contributed by atoms with E-state index in [2.05, 4.69) is 11.4 Å². The molecular weight excluding hydrogens is 190 g/mol. The first kappa shape index (κ1) is 10.7. The molecule has 84 valence electrons. The molecule has 0 aromatic carbocycles. The van der Waals surface area contributed by atoms with Crippen molar-refractivity contribution in [3.63, 3.8) is 0 Å². The number of carboxylic acids is 1. The Bertz CT molecular complexity index is 269. The van der Waals surface area contributed by atoms with E-state index < -0.39 is 5.97 Å². The first-order valence-electron chi connectivity index (χ1n) is 5.91. The van der Waals surface area contributed by atoms with E-state index >= 15 is 0 Å². The Kier molecular flexibility index (Phi) is 3.41. The second kappa shape index (κ2) is 4.79. The van der Waals surface area contributed by atoms with Crippen molar-refractivity contribution < 1.29 is 9.90 Å². The quantitative estimate of drug-likeness (QED) is 0.657. The van der Waals surface area contributed by atoms with E-state index in [0.717, 1.165) is 25.8 Å². The number of hydrogen-bond acceptors (Lipinski definition) is 2. The SMILES string of the molecule is O=C(O)C(NCCC1=CCCC1)C1CC1. The average Bonchev–Trinajstić information content (AvgIpc) is 2.89. The summed E-state index contributed by atoms with van der Waals surface area (Å²) in [5, 5.41) is 12.2. The second-order valence-corrected chi connectivity index (χ2v) is 4.61. The van der Waals surface area contributed by atoms with Crippen LogP contribution in [0.1, 0.15) is 38.5 Å². The predicted molar refractivity (Wildman–Crippen MR) is 58.7 cm³/mol. The zero-order valence-corrected chi connectivity index (χ0v) is 9.04. The molecule has 0 radical (unpaired) electrons. The molecule has 3 nitrogen and oxygen atoms in total. The lowest BCUT2D eigenvalue weighted by Gasteiger charge is -2.13. The van der Waals surface area contributed by atoms with Crippen LogP contribution in [0.5, 0.6) is 0 Å². The molecule has 0 aliphatic heterocycles. The summed E-state index contributed by atoms with van der Waals surface area (Å²) in [7, 11) is 0. The summed E-state index contributed by atoms with van der Waals surface area (Å²) in [6.45, 7) is 0.819. The lowest BCUT2D eigenvalue weighted by atomic mass is 10.1. The molecule has 3 heteroatoms. The summed E-state index contributed by atoms with van der Waals surface area (Å²) in [6, 6.07) is -0.299. The maximum atomic E-state index is 10.9. The normalized spacial score (nSPS) is 22.5. The van der Waals surface area contributed by atoms with Crippen LogP contribution in [-0.4, -0.2) is 23.7 Å². The molecule has 0 aromatic rings. The van der Waals surface area contributed by atoms with E-state index in [-0.39, 0.29) is 6.04 Å². The van der Waals surface area contributed by atoms with Crippen molar-refractivity contribution in [3.8, 4) is 0 Å².